The first kappa shape index (κ1) is 16.9. The standard InChI is InChI=1S/C7H2F10N2S/c8-1(5(9,10)11)2-4(6(12,13)14,7(15,16)17)19-3(18)20-2/h(H2,18,19)/b2-1+. The van der Waals surface area contributed by atoms with E-state index < -0.39 is 51.7 Å². The molecule has 116 valence electrons. The van der Waals surface area contributed by atoms with E-state index in [0.717, 1.165) is 0 Å². The van der Waals surface area contributed by atoms with E-state index in [0.29, 0.717) is 0 Å². The fraction of sp³-hybridized carbons (Fsp3) is 0.571. The van der Waals surface area contributed by atoms with Crippen LogP contribution >= 0.6 is 11.8 Å². The highest BCUT2D eigenvalue weighted by atomic mass is 32.2. The number of nitrogens with zero attached hydrogens (tertiary/aromatic N) is 1. The second-order valence-electron chi connectivity index (χ2n) is 3.40. The largest absolute Gasteiger partial charge is 0.443 e. The average molecular weight is 336 g/mol. The fourth-order valence-corrected chi connectivity index (χ4v) is 2.32. The maximum Gasteiger partial charge on any atom is 0.443 e. The summed E-state index contributed by atoms with van der Waals surface area (Å²) in [5.74, 6) is -3.54. The van der Waals surface area contributed by atoms with Crippen LogP contribution in [0.3, 0.4) is 0 Å². The molecule has 13 heteroatoms. The Labute approximate surface area is 107 Å². The molecule has 0 bridgehead atoms. The van der Waals surface area contributed by atoms with E-state index in [9.17, 15) is 43.9 Å². The topological polar surface area (TPSA) is 38.4 Å². The van der Waals surface area contributed by atoms with Crippen LogP contribution in [0.5, 0.6) is 0 Å². The van der Waals surface area contributed by atoms with Crippen molar-refractivity contribution in [2.24, 2.45) is 10.7 Å². The van der Waals surface area contributed by atoms with E-state index in [-0.39, 0.29) is 0 Å². The van der Waals surface area contributed by atoms with Gasteiger partial charge in [0, 0.05) is 0 Å². The van der Waals surface area contributed by atoms with Gasteiger partial charge >= 0.3 is 18.5 Å². The van der Waals surface area contributed by atoms with Crippen molar-refractivity contribution >= 4 is 16.9 Å². The lowest BCUT2D eigenvalue weighted by Crippen LogP contribution is -2.55. The summed E-state index contributed by atoms with van der Waals surface area (Å²) in [5.41, 5.74) is -0.733. The molecule has 0 aliphatic carbocycles. The molecule has 0 saturated carbocycles. The smallest absolute Gasteiger partial charge is 0.378 e. The number of alkyl halides is 9. The van der Waals surface area contributed by atoms with Crippen LogP contribution in [0.4, 0.5) is 43.9 Å². The summed E-state index contributed by atoms with van der Waals surface area (Å²) in [7, 11) is 0. The molecule has 2 nitrogen and oxygen atoms in total. The Bertz CT molecular complexity index is 453. The van der Waals surface area contributed by atoms with E-state index in [1.165, 1.54) is 0 Å². The van der Waals surface area contributed by atoms with Gasteiger partial charge in [-0.05, 0) is 0 Å². The minimum Gasteiger partial charge on any atom is -0.378 e. The van der Waals surface area contributed by atoms with Crippen molar-refractivity contribution in [1.82, 2.24) is 0 Å². The van der Waals surface area contributed by atoms with Crippen molar-refractivity contribution in [2.45, 2.75) is 24.1 Å². The Morgan fingerprint density at radius 3 is 1.65 bits per heavy atom. The lowest BCUT2D eigenvalue weighted by molar-refractivity contribution is -0.280. The Morgan fingerprint density at radius 1 is 0.950 bits per heavy atom. The number of hydrogen-bond acceptors (Lipinski definition) is 3. The molecule has 1 aliphatic rings. The molecule has 0 unspecified atom stereocenters. The summed E-state index contributed by atoms with van der Waals surface area (Å²) in [6.45, 7) is 0. The number of hydrogen-bond donors (Lipinski definition) is 1. The summed E-state index contributed by atoms with van der Waals surface area (Å²) in [6.07, 6.45) is -18.7. The molecule has 2 N–H and O–H groups in total. The molecule has 0 atom stereocenters. The molecule has 0 amide bonds. The second-order valence-corrected chi connectivity index (χ2v) is 4.43. The first-order valence-corrected chi connectivity index (χ1v) is 5.10. The first-order valence-electron chi connectivity index (χ1n) is 4.28. The predicted molar refractivity (Wildman–Crippen MR) is 48.2 cm³/mol. The lowest BCUT2D eigenvalue weighted by atomic mass is 9.97. The molecular weight excluding hydrogens is 334 g/mol. The van der Waals surface area contributed by atoms with Gasteiger partial charge in [0.05, 0.1) is 4.91 Å². The van der Waals surface area contributed by atoms with E-state index in [1.54, 1.807) is 0 Å². The molecule has 0 aromatic carbocycles. The number of thioether (sulfide) groups is 1. The van der Waals surface area contributed by atoms with Crippen molar-refractivity contribution in [1.29, 1.82) is 0 Å². The Balaban J connectivity index is 3.72. The zero-order valence-corrected chi connectivity index (χ0v) is 9.53. The molecule has 0 radical (unpaired) electrons. The van der Waals surface area contributed by atoms with Crippen LogP contribution in [0.1, 0.15) is 0 Å². The normalized spacial score (nSPS) is 22.8. The Kier molecular flexibility index (Phi) is 3.74. The van der Waals surface area contributed by atoms with Gasteiger partial charge in [-0.2, -0.15) is 39.5 Å². The molecule has 20 heavy (non-hydrogen) atoms. The van der Waals surface area contributed by atoms with Crippen LogP contribution < -0.4 is 5.73 Å². The molecular formula is C7H2F10N2S. The SMILES string of the molecule is NC1=NC(C(F)(F)F)(C(F)(F)F)/C(=C(\F)C(F)(F)F)S1. The lowest BCUT2D eigenvalue weighted by Gasteiger charge is -2.31. The molecule has 1 rings (SSSR count). The second kappa shape index (κ2) is 4.43. The van der Waals surface area contributed by atoms with Crippen LogP contribution in [0.2, 0.25) is 0 Å². The number of amidine groups is 1. The van der Waals surface area contributed by atoms with Crippen molar-refractivity contribution in [3.63, 3.8) is 0 Å². The summed E-state index contributed by atoms with van der Waals surface area (Å²) in [4.78, 5) is -0.704. The van der Waals surface area contributed by atoms with Crippen molar-refractivity contribution in [3.8, 4) is 0 Å². The number of allylic oxidation sites excluding steroid dienone is 1. The van der Waals surface area contributed by atoms with Gasteiger partial charge in [0.25, 0.3) is 5.54 Å². The zero-order chi connectivity index (χ0) is 16.1. The maximum atomic E-state index is 12.9. The number of halogens is 10. The Morgan fingerprint density at radius 2 is 1.35 bits per heavy atom. The van der Waals surface area contributed by atoms with Gasteiger partial charge in [0.1, 0.15) is 0 Å². The number of nitrogens with two attached hydrogens (primary N) is 1. The third-order valence-electron chi connectivity index (χ3n) is 2.08. The van der Waals surface area contributed by atoms with Gasteiger partial charge in [0.2, 0.25) is 5.83 Å². The molecule has 0 aromatic heterocycles. The number of aliphatic imine (C=N–C) groups is 1. The van der Waals surface area contributed by atoms with Crippen LogP contribution in [-0.4, -0.2) is 29.2 Å². The van der Waals surface area contributed by atoms with Crippen LogP contribution in [0.15, 0.2) is 15.7 Å². The summed E-state index contributed by atoms with van der Waals surface area (Å²) in [6, 6.07) is 0. The van der Waals surface area contributed by atoms with E-state index in [2.05, 4.69) is 5.73 Å². The van der Waals surface area contributed by atoms with Gasteiger partial charge < -0.3 is 5.73 Å². The molecule has 0 saturated heterocycles. The number of rotatable bonds is 0. The van der Waals surface area contributed by atoms with Crippen LogP contribution in [0.25, 0.3) is 0 Å². The van der Waals surface area contributed by atoms with Crippen LogP contribution in [0, 0.1) is 0 Å². The Hall–Kier alpha value is -1.14. The average Bonchev–Trinajstić information content (AvgIpc) is 2.52. The first-order chi connectivity index (χ1) is 8.64. The fourth-order valence-electron chi connectivity index (χ4n) is 1.29. The summed E-state index contributed by atoms with van der Waals surface area (Å²) in [5, 5.41) is -1.48. The molecule has 1 aliphatic heterocycles. The molecule has 1 heterocycles. The van der Waals surface area contributed by atoms with Gasteiger partial charge in [-0.1, -0.05) is 11.8 Å². The maximum absolute atomic E-state index is 12.9. The highest BCUT2D eigenvalue weighted by Crippen LogP contribution is 2.59. The molecule has 0 spiro atoms. The van der Waals surface area contributed by atoms with E-state index in [4.69, 9.17) is 0 Å². The van der Waals surface area contributed by atoms with Gasteiger partial charge in [-0.3, -0.25) is 0 Å². The van der Waals surface area contributed by atoms with Gasteiger partial charge in [0.15, 0.2) is 5.17 Å². The van der Waals surface area contributed by atoms with Gasteiger partial charge in [-0.15, -0.1) is 0 Å². The van der Waals surface area contributed by atoms with Gasteiger partial charge in [-0.25, -0.2) is 9.38 Å². The van der Waals surface area contributed by atoms with Crippen molar-refractivity contribution in [3.05, 3.63) is 10.7 Å². The monoisotopic (exact) mass is 336 g/mol. The summed E-state index contributed by atoms with van der Waals surface area (Å²) >= 11 is -0.866. The van der Waals surface area contributed by atoms with E-state index >= 15 is 0 Å². The van der Waals surface area contributed by atoms with E-state index in [1.807, 2.05) is 4.99 Å². The minimum atomic E-state index is -6.35. The zero-order valence-electron chi connectivity index (χ0n) is 8.71. The van der Waals surface area contributed by atoms with Crippen molar-refractivity contribution in [2.75, 3.05) is 0 Å². The predicted octanol–water partition coefficient (Wildman–Crippen LogP) is 3.65. The highest BCUT2D eigenvalue weighted by Gasteiger charge is 2.77. The minimum absolute atomic E-state index is 0.866. The highest BCUT2D eigenvalue weighted by molar-refractivity contribution is 8.17. The third kappa shape index (κ3) is 2.42. The molecule has 0 aromatic rings. The van der Waals surface area contributed by atoms with Crippen molar-refractivity contribution < 1.29 is 43.9 Å². The van der Waals surface area contributed by atoms with Crippen LogP contribution in [-0.2, 0) is 0 Å². The quantitative estimate of drug-likeness (QED) is 0.686. The summed E-state index contributed by atoms with van der Waals surface area (Å²) < 4.78 is 125. The third-order valence-corrected chi connectivity index (χ3v) is 3.06. The molecule has 0 fully saturated rings.